The summed E-state index contributed by atoms with van der Waals surface area (Å²) < 4.78 is 4.97. The summed E-state index contributed by atoms with van der Waals surface area (Å²) in [5, 5.41) is 0.696. The van der Waals surface area contributed by atoms with E-state index in [1.807, 2.05) is 25.1 Å². The van der Waals surface area contributed by atoms with E-state index in [2.05, 4.69) is 0 Å². The highest BCUT2D eigenvalue weighted by molar-refractivity contribution is 7.18. The maximum Gasteiger partial charge on any atom is 0.350 e. The molecule has 0 aliphatic rings. The van der Waals surface area contributed by atoms with Gasteiger partial charge < -0.3 is 10.5 Å². The number of hydrogen-bond donors (Lipinski definition) is 1. The van der Waals surface area contributed by atoms with Crippen LogP contribution in [0.2, 0.25) is 5.02 Å². The molecule has 0 unspecified atom stereocenters. The van der Waals surface area contributed by atoms with Gasteiger partial charge in [0, 0.05) is 9.90 Å². The molecule has 0 saturated heterocycles. The average molecular weight is 296 g/mol. The Labute approximate surface area is 121 Å². The largest absolute Gasteiger partial charge is 0.462 e. The van der Waals surface area contributed by atoms with Gasteiger partial charge in [-0.2, -0.15) is 0 Å². The van der Waals surface area contributed by atoms with Crippen molar-refractivity contribution in [3.05, 3.63) is 39.7 Å². The van der Waals surface area contributed by atoms with Gasteiger partial charge in [-0.1, -0.05) is 23.7 Å². The van der Waals surface area contributed by atoms with Crippen LogP contribution >= 0.6 is 22.9 Å². The summed E-state index contributed by atoms with van der Waals surface area (Å²) in [6.07, 6.45) is 0. The molecule has 1 aromatic heterocycles. The van der Waals surface area contributed by atoms with Crippen LogP contribution in [0.4, 0.5) is 5.69 Å². The van der Waals surface area contributed by atoms with Crippen molar-refractivity contribution in [2.24, 2.45) is 0 Å². The normalized spacial score (nSPS) is 10.5. The van der Waals surface area contributed by atoms with Crippen LogP contribution in [0.25, 0.3) is 10.4 Å². The molecule has 0 atom stereocenters. The first-order valence-electron chi connectivity index (χ1n) is 5.86. The number of nitrogens with two attached hydrogens (primary N) is 1. The van der Waals surface area contributed by atoms with Crippen molar-refractivity contribution >= 4 is 34.6 Å². The highest BCUT2D eigenvalue weighted by Gasteiger charge is 2.16. The molecule has 0 radical (unpaired) electrons. The standard InChI is InChI=1S/C14H14ClNO2S/c1-3-18-14(17)13-11(16)7-12(19-13)9-5-4-8(2)10(15)6-9/h4-7H,3,16H2,1-2H3. The van der Waals surface area contributed by atoms with E-state index in [0.29, 0.717) is 22.2 Å². The summed E-state index contributed by atoms with van der Waals surface area (Å²) in [5.74, 6) is -0.380. The van der Waals surface area contributed by atoms with E-state index in [-0.39, 0.29) is 5.97 Å². The number of hydrogen-bond acceptors (Lipinski definition) is 4. The number of benzene rings is 1. The van der Waals surface area contributed by atoms with Gasteiger partial charge in [0.1, 0.15) is 4.88 Å². The lowest BCUT2D eigenvalue weighted by molar-refractivity contribution is 0.0533. The second-order valence-corrected chi connectivity index (χ2v) is 5.54. The number of esters is 1. The molecular weight excluding hydrogens is 282 g/mol. The lowest BCUT2D eigenvalue weighted by atomic mass is 10.1. The molecule has 100 valence electrons. The number of rotatable bonds is 3. The van der Waals surface area contributed by atoms with Crippen LogP contribution in [0.3, 0.4) is 0 Å². The fraction of sp³-hybridized carbons (Fsp3) is 0.214. The van der Waals surface area contributed by atoms with E-state index in [0.717, 1.165) is 16.0 Å². The first-order valence-corrected chi connectivity index (χ1v) is 7.05. The molecule has 0 fully saturated rings. The van der Waals surface area contributed by atoms with Crippen molar-refractivity contribution in [3.8, 4) is 10.4 Å². The monoisotopic (exact) mass is 295 g/mol. The molecule has 0 amide bonds. The molecule has 0 aliphatic carbocycles. The van der Waals surface area contributed by atoms with Crippen molar-refractivity contribution in [3.63, 3.8) is 0 Å². The van der Waals surface area contributed by atoms with Crippen LogP contribution in [-0.4, -0.2) is 12.6 Å². The number of ether oxygens (including phenoxy) is 1. The summed E-state index contributed by atoms with van der Waals surface area (Å²) in [6, 6.07) is 7.55. The van der Waals surface area contributed by atoms with Gasteiger partial charge in [0.05, 0.1) is 12.3 Å². The predicted molar refractivity (Wildman–Crippen MR) is 79.9 cm³/mol. The molecule has 1 aromatic carbocycles. The van der Waals surface area contributed by atoms with E-state index in [1.165, 1.54) is 11.3 Å². The van der Waals surface area contributed by atoms with Crippen LogP contribution in [0.1, 0.15) is 22.2 Å². The van der Waals surface area contributed by atoms with Crippen molar-refractivity contribution in [2.45, 2.75) is 13.8 Å². The molecular formula is C14H14ClNO2S. The Morgan fingerprint density at radius 2 is 2.16 bits per heavy atom. The smallest absolute Gasteiger partial charge is 0.350 e. The summed E-state index contributed by atoms with van der Waals surface area (Å²) in [6.45, 7) is 4.04. The maximum atomic E-state index is 11.7. The van der Waals surface area contributed by atoms with Gasteiger partial charge in [-0.3, -0.25) is 0 Å². The van der Waals surface area contributed by atoms with Gasteiger partial charge >= 0.3 is 5.97 Å². The number of aryl methyl sites for hydroxylation is 1. The van der Waals surface area contributed by atoms with E-state index in [9.17, 15) is 4.79 Å². The Balaban J connectivity index is 2.38. The third kappa shape index (κ3) is 2.91. The van der Waals surface area contributed by atoms with Crippen molar-refractivity contribution in [1.29, 1.82) is 0 Å². The quantitative estimate of drug-likeness (QED) is 0.866. The fourth-order valence-corrected chi connectivity index (χ4v) is 2.80. The third-order valence-electron chi connectivity index (χ3n) is 2.68. The van der Waals surface area contributed by atoms with E-state index in [4.69, 9.17) is 22.1 Å². The topological polar surface area (TPSA) is 52.3 Å². The van der Waals surface area contributed by atoms with E-state index < -0.39 is 0 Å². The molecule has 1 heterocycles. The molecule has 2 aromatic rings. The van der Waals surface area contributed by atoms with Gasteiger partial charge in [0.2, 0.25) is 0 Å². The lowest BCUT2D eigenvalue weighted by Crippen LogP contribution is -2.04. The predicted octanol–water partition coefficient (Wildman–Crippen LogP) is 4.14. The Kier molecular flexibility index (Phi) is 4.12. The fourth-order valence-electron chi connectivity index (χ4n) is 1.65. The molecule has 19 heavy (non-hydrogen) atoms. The highest BCUT2D eigenvalue weighted by Crippen LogP contribution is 2.35. The zero-order chi connectivity index (χ0) is 14.0. The highest BCUT2D eigenvalue weighted by atomic mass is 35.5. The van der Waals surface area contributed by atoms with Gasteiger partial charge in [-0.25, -0.2) is 4.79 Å². The van der Waals surface area contributed by atoms with Crippen LogP contribution in [0.5, 0.6) is 0 Å². The number of carbonyl (C=O) groups excluding carboxylic acids is 1. The molecule has 5 heteroatoms. The Hall–Kier alpha value is -1.52. The van der Waals surface area contributed by atoms with Crippen molar-refractivity contribution in [2.75, 3.05) is 12.3 Å². The minimum Gasteiger partial charge on any atom is -0.462 e. The summed E-state index contributed by atoms with van der Waals surface area (Å²) >= 11 is 7.42. The summed E-state index contributed by atoms with van der Waals surface area (Å²) in [5.41, 5.74) is 8.26. The molecule has 2 rings (SSSR count). The lowest BCUT2D eigenvalue weighted by Gasteiger charge is -2.01. The van der Waals surface area contributed by atoms with Crippen LogP contribution in [-0.2, 0) is 4.74 Å². The van der Waals surface area contributed by atoms with E-state index >= 15 is 0 Å². The minimum atomic E-state index is -0.380. The summed E-state index contributed by atoms with van der Waals surface area (Å²) in [4.78, 5) is 13.1. The Morgan fingerprint density at radius 1 is 1.42 bits per heavy atom. The van der Waals surface area contributed by atoms with Crippen molar-refractivity contribution < 1.29 is 9.53 Å². The maximum absolute atomic E-state index is 11.7. The Bertz CT molecular complexity index is 622. The second kappa shape index (κ2) is 5.63. The van der Waals surface area contributed by atoms with Gasteiger partial charge in [0.25, 0.3) is 0 Å². The third-order valence-corrected chi connectivity index (χ3v) is 4.27. The van der Waals surface area contributed by atoms with Gasteiger partial charge in [-0.05, 0) is 37.1 Å². The van der Waals surface area contributed by atoms with Crippen LogP contribution in [0, 0.1) is 6.92 Å². The first kappa shape index (κ1) is 13.9. The number of thiophene rings is 1. The van der Waals surface area contributed by atoms with Crippen LogP contribution < -0.4 is 5.73 Å². The molecule has 0 spiro atoms. The molecule has 0 aliphatic heterocycles. The zero-order valence-electron chi connectivity index (χ0n) is 10.7. The molecule has 3 nitrogen and oxygen atoms in total. The van der Waals surface area contributed by atoms with E-state index in [1.54, 1.807) is 13.0 Å². The summed E-state index contributed by atoms with van der Waals surface area (Å²) in [7, 11) is 0. The van der Waals surface area contributed by atoms with Crippen LogP contribution in [0.15, 0.2) is 24.3 Å². The Morgan fingerprint density at radius 3 is 2.79 bits per heavy atom. The molecule has 0 bridgehead atoms. The second-order valence-electron chi connectivity index (χ2n) is 4.08. The number of halogens is 1. The zero-order valence-corrected chi connectivity index (χ0v) is 12.3. The minimum absolute atomic E-state index is 0.335. The van der Waals surface area contributed by atoms with Crippen molar-refractivity contribution in [1.82, 2.24) is 0 Å². The number of anilines is 1. The van der Waals surface area contributed by atoms with Gasteiger partial charge in [-0.15, -0.1) is 11.3 Å². The molecule has 0 saturated carbocycles. The SMILES string of the molecule is CCOC(=O)c1sc(-c2ccc(C)c(Cl)c2)cc1N. The molecule has 2 N–H and O–H groups in total. The number of carbonyl (C=O) groups is 1. The first-order chi connectivity index (χ1) is 9.02. The average Bonchev–Trinajstić information content (AvgIpc) is 2.75. The number of nitrogen functional groups attached to an aromatic ring is 1. The van der Waals surface area contributed by atoms with Gasteiger partial charge in [0.15, 0.2) is 0 Å².